The summed E-state index contributed by atoms with van der Waals surface area (Å²) in [6.07, 6.45) is 4.27. The molecule has 25 heavy (non-hydrogen) atoms. The quantitative estimate of drug-likeness (QED) is 0.602. The maximum absolute atomic E-state index is 12.6. The van der Waals surface area contributed by atoms with Crippen LogP contribution in [-0.2, 0) is 23.8 Å². The van der Waals surface area contributed by atoms with Gasteiger partial charge in [0.05, 0.1) is 42.4 Å². The maximum atomic E-state index is 12.6. The van der Waals surface area contributed by atoms with Crippen molar-refractivity contribution in [3.05, 3.63) is 0 Å². The predicted octanol–water partition coefficient (Wildman–Crippen LogP) is 2.22. The first kappa shape index (κ1) is 18.6. The minimum atomic E-state index is -0.591. The van der Waals surface area contributed by atoms with E-state index in [1.807, 2.05) is 13.8 Å². The molecule has 0 aromatic carbocycles. The van der Waals surface area contributed by atoms with E-state index in [0.29, 0.717) is 26.1 Å². The normalized spacial score (nSPS) is 43.0. The third kappa shape index (κ3) is 4.17. The van der Waals surface area contributed by atoms with Crippen LogP contribution in [0, 0.1) is 17.8 Å². The summed E-state index contributed by atoms with van der Waals surface area (Å²) in [6, 6.07) is 0. The third-order valence-corrected chi connectivity index (χ3v) is 6.15. The molecule has 1 aliphatic heterocycles. The van der Waals surface area contributed by atoms with Crippen molar-refractivity contribution in [2.75, 3.05) is 13.2 Å². The van der Waals surface area contributed by atoms with Crippen molar-refractivity contribution in [1.82, 2.24) is 0 Å². The highest BCUT2D eigenvalue weighted by Crippen LogP contribution is 2.52. The van der Waals surface area contributed by atoms with Crippen LogP contribution in [0.3, 0.4) is 0 Å². The fourth-order valence-corrected chi connectivity index (χ4v) is 4.27. The summed E-state index contributed by atoms with van der Waals surface area (Å²) in [4.78, 5) is 24.9. The summed E-state index contributed by atoms with van der Waals surface area (Å²) in [5, 5.41) is 10.0. The lowest BCUT2D eigenvalue weighted by molar-refractivity contribution is -0.163. The van der Waals surface area contributed by atoms with Crippen molar-refractivity contribution >= 4 is 11.9 Å². The van der Waals surface area contributed by atoms with Gasteiger partial charge in [0.25, 0.3) is 0 Å². The van der Waals surface area contributed by atoms with Crippen LogP contribution < -0.4 is 0 Å². The monoisotopic (exact) mass is 354 g/mol. The summed E-state index contributed by atoms with van der Waals surface area (Å²) in [5.74, 6) is -1.31. The van der Waals surface area contributed by atoms with Crippen molar-refractivity contribution in [3.8, 4) is 0 Å². The number of fused-ring (bicyclic) bond motifs is 1. The van der Waals surface area contributed by atoms with E-state index < -0.39 is 17.4 Å². The SMILES string of the molecule is CCOC(=O)C1CC2(C)OC2CC1C(=O)OCC1CCC(C)(O)CC1. The van der Waals surface area contributed by atoms with Crippen molar-refractivity contribution in [3.63, 3.8) is 0 Å². The summed E-state index contributed by atoms with van der Waals surface area (Å²) in [7, 11) is 0. The summed E-state index contributed by atoms with van der Waals surface area (Å²) in [5.41, 5.74) is -0.879. The molecule has 6 nitrogen and oxygen atoms in total. The lowest BCUT2D eigenvalue weighted by atomic mass is 9.74. The van der Waals surface area contributed by atoms with Crippen LogP contribution in [0.5, 0.6) is 0 Å². The smallest absolute Gasteiger partial charge is 0.309 e. The van der Waals surface area contributed by atoms with Gasteiger partial charge in [-0.2, -0.15) is 0 Å². The Bertz CT molecular complexity index is 520. The standard InChI is InChI=1S/C19H30O6/c1-4-23-17(21)14-10-19(3)15(25-19)9-13(14)16(20)24-11-12-5-7-18(2,22)8-6-12/h12-15,22H,4-11H2,1-3H3. The Morgan fingerprint density at radius 3 is 2.40 bits per heavy atom. The Balaban J connectivity index is 1.55. The minimum absolute atomic E-state index is 0.0421. The molecule has 1 N–H and O–H groups in total. The highest BCUT2D eigenvalue weighted by molar-refractivity contribution is 5.82. The van der Waals surface area contributed by atoms with Gasteiger partial charge in [-0.1, -0.05) is 0 Å². The van der Waals surface area contributed by atoms with Gasteiger partial charge < -0.3 is 19.3 Å². The van der Waals surface area contributed by atoms with Crippen LogP contribution in [0.25, 0.3) is 0 Å². The number of hydrogen-bond donors (Lipinski definition) is 1. The van der Waals surface area contributed by atoms with E-state index in [1.54, 1.807) is 6.92 Å². The first-order valence-electron chi connectivity index (χ1n) is 9.47. The van der Waals surface area contributed by atoms with Gasteiger partial charge in [0.15, 0.2) is 0 Å². The first-order valence-corrected chi connectivity index (χ1v) is 9.47. The summed E-state index contributed by atoms with van der Waals surface area (Å²) < 4.78 is 16.4. The van der Waals surface area contributed by atoms with Crippen LogP contribution in [0.4, 0.5) is 0 Å². The maximum Gasteiger partial charge on any atom is 0.309 e. The predicted molar refractivity (Wildman–Crippen MR) is 89.7 cm³/mol. The van der Waals surface area contributed by atoms with Crippen LogP contribution >= 0.6 is 0 Å². The molecule has 0 aromatic rings. The van der Waals surface area contributed by atoms with Crippen LogP contribution in [0.15, 0.2) is 0 Å². The Hall–Kier alpha value is -1.14. The fraction of sp³-hybridized carbons (Fsp3) is 0.895. The van der Waals surface area contributed by atoms with Gasteiger partial charge in [0.2, 0.25) is 0 Å². The number of epoxide rings is 1. The second-order valence-electron chi connectivity index (χ2n) is 8.39. The molecule has 2 aliphatic carbocycles. The molecule has 3 aliphatic rings. The van der Waals surface area contributed by atoms with Crippen molar-refractivity contribution in [2.24, 2.45) is 17.8 Å². The fourth-order valence-electron chi connectivity index (χ4n) is 4.27. The topological polar surface area (TPSA) is 85.4 Å². The van der Waals surface area contributed by atoms with E-state index in [-0.39, 0.29) is 29.6 Å². The molecule has 142 valence electrons. The van der Waals surface area contributed by atoms with Crippen molar-refractivity contribution < 1.29 is 28.9 Å². The lowest BCUT2D eigenvalue weighted by Crippen LogP contribution is -2.41. The van der Waals surface area contributed by atoms with Crippen molar-refractivity contribution in [2.45, 2.75) is 76.6 Å². The number of hydrogen-bond acceptors (Lipinski definition) is 6. The number of carbonyl (C=O) groups is 2. The number of carbonyl (C=O) groups excluding carboxylic acids is 2. The van der Waals surface area contributed by atoms with Gasteiger partial charge >= 0.3 is 11.9 Å². The minimum Gasteiger partial charge on any atom is -0.466 e. The van der Waals surface area contributed by atoms with Crippen LogP contribution in [0.1, 0.15) is 59.3 Å². The first-order chi connectivity index (χ1) is 11.7. The summed E-state index contributed by atoms with van der Waals surface area (Å²) >= 11 is 0. The highest BCUT2D eigenvalue weighted by Gasteiger charge is 2.61. The zero-order chi connectivity index (χ0) is 18.2. The molecule has 2 saturated carbocycles. The van der Waals surface area contributed by atoms with Crippen molar-refractivity contribution in [1.29, 1.82) is 0 Å². The van der Waals surface area contributed by atoms with Gasteiger partial charge in [-0.05, 0) is 65.2 Å². The second kappa shape index (κ2) is 6.88. The molecule has 4 atom stereocenters. The molecular weight excluding hydrogens is 324 g/mol. The number of aliphatic hydroxyl groups is 1. The number of rotatable bonds is 5. The van der Waals surface area contributed by atoms with Gasteiger partial charge in [-0.15, -0.1) is 0 Å². The average Bonchev–Trinajstić information content (AvgIpc) is 3.23. The van der Waals surface area contributed by atoms with Gasteiger partial charge in [0.1, 0.15) is 0 Å². The Morgan fingerprint density at radius 1 is 1.12 bits per heavy atom. The number of ether oxygens (including phenoxy) is 3. The molecule has 0 amide bonds. The molecule has 6 heteroatoms. The van der Waals surface area contributed by atoms with Crippen LogP contribution in [-0.4, -0.2) is 47.6 Å². The molecule has 3 rings (SSSR count). The third-order valence-electron chi connectivity index (χ3n) is 6.15. The van der Waals surface area contributed by atoms with E-state index in [1.165, 1.54) is 0 Å². The zero-order valence-electron chi connectivity index (χ0n) is 15.5. The molecule has 0 aromatic heterocycles. The molecule has 1 heterocycles. The lowest BCUT2D eigenvalue weighted by Gasteiger charge is -2.33. The molecule has 0 spiro atoms. The number of esters is 2. The Labute approximate surface area is 149 Å². The van der Waals surface area contributed by atoms with Gasteiger partial charge in [0, 0.05) is 0 Å². The zero-order valence-corrected chi connectivity index (χ0v) is 15.5. The Morgan fingerprint density at radius 2 is 1.76 bits per heavy atom. The average molecular weight is 354 g/mol. The second-order valence-corrected chi connectivity index (χ2v) is 8.39. The molecular formula is C19H30O6. The molecule has 4 unspecified atom stereocenters. The van der Waals surface area contributed by atoms with Crippen LogP contribution in [0.2, 0.25) is 0 Å². The van der Waals surface area contributed by atoms with E-state index in [0.717, 1.165) is 25.7 Å². The van der Waals surface area contributed by atoms with Gasteiger partial charge in [-0.25, -0.2) is 0 Å². The molecule has 1 saturated heterocycles. The van der Waals surface area contributed by atoms with Gasteiger partial charge in [-0.3, -0.25) is 9.59 Å². The highest BCUT2D eigenvalue weighted by atomic mass is 16.6. The van der Waals surface area contributed by atoms with E-state index in [9.17, 15) is 14.7 Å². The van der Waals surface area contributed by atoms with E-state index in [4.69, 9.17) is 14.2 Å². The molecule has 0 bridgehead atoms. The van der Waals surface area contributed by atoms with E-state index in [2.05, 4.69) is 0 Å². The Kier molecular flexibility index (Phi) is 5.13. The summed E-state index contributed by atoms with van der Waals surface area (Å²) in [6.45, 7) is 6.28. The largest absolute Gasteiger partial charge is 0.466 e. The molecule has 3 fully saturated rings. The molecule has 0 radical (unpaired) electrons. The van der Waals surface area contributed by atoms with E-state index >= 15 is 0 Å².